The van der Waals surface area contributed by atoms with Crippen LogP contribution in [0, 0.1) is 11.3 Å². The van der Waals surface area contributed by atoms with Crippen LogP contribution in [0.25, 0.3) is 6.08 Å². The van der Waals surface area contributed by atoms with Gasteiger partial charge in [0.2, 0.25) is 0 Å². The highest BCUT2D eigenvalue weighted by Crippen LogP contribution is 2.19. The molecule has 1 aliphatic carbocycles. The lowest BCUT2D eigenvalue weighted by Gasteiger charge is -2.15. The number of nitrogens with zero attached hydrogens (tertiary/aromatic N) is 1. The average molecular weight is 342 g/mol. The molecule has 6 heteroatoms. The SMILES string of the molecule is C[C@H](OC(=O)/C(C#N)=C/c1ccco1)C(=O)NCCC1=CCCCC1. The number of hydrogen-bond donors (Lipinski definition) is 1. The molecule has 0 radical (unpaired) electrons. The molecular weight excluding hydrogens is 320 g/mol. The normalized spacial score (nSPS) is 15.7. The van der Waals surface area contributed by atoms with Gasteiger partial charge in [-0.2, -0.15) is 5.26 Å². The van der Waals surface area contributed by atoms with Crippen molar-refractivity contribution in [3.05, 3.63) is 41.4 Å². The molecule has 0 bridgehead atoms. The van der Waals surface area contributed by atoms with E-state index in [4.69, 9.17) is 14.4 Å². The second kappa shape index (κ2) is 9.48. The van der Waals surface area contributed by atoms with Gasteiger partial charge in [0, 0.05) is 12.6 Å². The van der Waals surface area contributed by atoms with E-state index in [1.54, 1.807) is 18.2 Å². The van der Waals surface area contributed by atoms with Crippen molar-refractivity contribution in [2.45, 2.75) is 45.1 Å². The summed E-state index contributed by atoms with van der Waals surface area (Å²) in [5.41, 5.74) is 1.14. The van der Waals surface area contributed by atoms with Crippen molar-refractivity contribution in [1.82, 2.24) is 5.32 Å². The zero-order valence-corrected chi connectivity index (χ0v) is 14.3. The van der Waals surface area contributed by atoms with Crippen LogP contribution >= 0.6 is 0 Å². The Balaban J connectivity index is 1.80. The van der Waals surface area contributed by atoms with Gasteiger partial charge in [-0.1, -0.05) is 11.6 Å². The van der Waals surface area contributed by atoms with Crippen molar-refractivity contribution in [3.8, 4) is 6.07 Å². The fourth-order valence-electron chi connectivity index (χ4n) is 2.55. The van der Waals surface area contributed by atoms with E-state index in [0.717, 1.165) is 19.3 Å². The Kier molecular flexibility index (Phi) is 7.02. The number of esters is 1. The van der Waals surface area contributed by atoms with Crippen LogP contribution in [0.5, 0.6) is 0 Å². The van der Waals surface area contributed by atoms with Crippen LogP contribution in [-0.2, 0) is 14.3 Å². The van der Waals surface area contributed by atoms with Gasteiger partial charge in [-0.25, -0.2) is 4.79 Å². The standard InChI is InChI=1S/C19H22N2O4/c1-14(18(22)21-10-9-15-6-3-2-4-7-15)25-19(23)16(13-20)12-17-8-5-11-24-17/h5-6,8,11-12,14H,2-4,7,9-10H2,1H3,(H,21,22)/b16-12+/t14-/m0/s1. The Hall–Kier alpha value is -2.81. The summed E-state index contributed by atoms with van der Waals surface area (Å²) in [4.78, 5) is 24.0. The highest BCUT2D eigenvalue weighted by atomic mass is 16.5. The molecule has 0 fully saturated rings. The van der Waals surface area contributed by atoms with Crippen molar-refractivity contribution < 1.29 is 18.7 Å². The fraction of sp³-hybridized carbons (Fsp3) is 0.421. The number of rotatable bonds is 7. The Morgan fingerprint density at radius 1 is 1.48 bits per heavy atom. The maximum absolute atomic E-state index is 12.0. The topological polar surface area (TPSA) is 92.3 Å². The number of allylic oxidation sites excluding steroid dienone is 1. The zero-order valence-electron chi connectivity index (χ0n) is 14.3. The molecular formula is C19H22N2O4. The van der Waals surface area contributed by atoms with Gasteiger partial charge in [-0.3, -0.25) is 4.79 Å². The van der Waals surface area contributed by atoms with Crippen LogP contribution in [0.1, 0.15) is 44.8 Å². The van der Waals surface area contributed by atoms with Crippen LogP contribution < -0.4 is 5.32 Å². The van der Waals surface area contributed by atoms with Crippen LogP contribution in [0.4, 0.5) is 0 Å². The van der Waals surface area contributed by atoms with Crippen LogP contribution in [0.15, 0.2) is 40.0 Å². The maximum Gasteiger partial charge on any atom is 0.349 e. The van der Waals surface area contributed by atoms with Crippen molar-refractivity contribution in [2.24, 2.45) is 0 Å². The number of ether oxygens (including phenoxy) is 1. The monoisotopic (exact) mass is 342 g/mol. The second-order valence-corrected chi connectivity index (χ2v) is 5.88. The Bertz CT molecular complexity index is 696. The molecule has 1 heterocycles. The molecule has 1 aromatic heterocycles. The van der Waals surface area contributed by atoms with Crippen molar-refractivity contribution in [1.29, 1.82) is 5.26 Å². The number of carbonyl (C=O) groups is 2. The number of amides is 1. The van der Waals surface area contributed by atoms with Crippen molar-refractivity contribution >= 4 is 18.0 Å². The molecule has 1 N–H and O–H groups in total. The molecule has 6 nitrogen and oxygen atoms in total. The summed E-state index contributed by atoms with van der Waals surface area (Å²) in [6.45, 7) is 1.99. The van der Waals surface area contributed by atoms with Crippen molar-refractivity contribution in [2.75, 3.05) is 6.54 Å². The lowest BCUT2D eigenvalue weighted by molar-refractivity contribution is -0.150. The van der Waals surface area contributed by atoms with E-state index >= 15 is 0 Å². The summed E-state index contributed by atoms with van der Waals surface area (Å²) >= 11 is 0. The molecule has 0 aromatic carbocycles. The lowest BCUT2D eigenvalue weighted by Crippen LogP contribution is -2.36. The third-order valence-electron chi connectivity index (χ3n) is 3.95. The molecule has 1 amide bonds. The van der Waals surface area contributed by atoms with Gasteiger partial charge >= 0.3 is 5.97 Å². The van der Waals surface area contributed by atoms with Gasteiger partial charge < -0.3 is 14.5 Å². The van der Waals surface area contributed by atoms with E-state index in [2.05, 4.69) is 11.4 Å². The first-order valence-corrected chi connectivity index (χ1v) is 8.42. The van der Waals surface area contributed by atoms with Gasteiger partial charge in [0.15, 0.2) is 6.10 Å². The first kappa shape index (κ1) is 18.5. The van der Waals surface area contributed by atoms with Gasteiger partial charge in [-0.15, -0.1) is 0 Å². The molecule has 0 saturated carbocycles. The van der Waals surface area contributed by atoms with E-state index in [-0.39, 0.29) is 11.5 Å². The van der Waals surface area contributed by atoms with Gasteiger partial charge in [0.1, 0.15) is 17.4 Å². The summed E-state index contributed by atoms with van der Waals surface area (Å²) in [6.07, 6.45) is 9.42. The first-order chi connectivity index (χ1) is 12.1. The Morgan fingerprint density at radius 3 is 2.96 bits per heavy atom. The number of furan rings is 1. The summed E-state index contributed by atoms with van der Waals surface area (Å²) < 4.78 is 10.1. The van der Waals surface area contributed by atoms with Crippen LogP contribution in [0.3, 0.4) is 0 Å². The molecule has 0 aliphatic heterocycles. The number of carbonyl (C=O) groups excluding carboxylic acids is 2. The lowest BCUT2D eigenvalue weighted by atomic mass is 9.97. The van der Waals surface area contributed by atoms with Gasteiger partial charge in [-0.05, 0) is 51.2 Å². The highest BCUT2D eigenvalue weighted by molar-refractivity contribution is 5.98. The molecule has 1 aliphatic rings. The maximum atomic E-state index is 12.0. The minimum Gasteiger partial charge on any atom is -0.465 e. The predicted molar refractivity (Wildman–Crippen MR) is 92.0 cm³/mol. The summed E-state index contributed by atoms with van der Waals surface area (Å²) in [7, 11) is 0. The molecule has 1 atom stereocenters. The van der Waals surface area contributed by atoms with E-state index < -0.39 is 12.1 Å². The van der Waals surface area contributed by atoms with Gasteiger partial charge in [0.25, 0.3) is 5.91 Å². The highest BCUT2D eigenvalue weighted by Gasteiger charge is 2.20. The largest absolute Gasteiger partial charge is 0.465 e. The van der Waals surface area contributed by atoms with Crippen LogP contribution in [-0.4, -0.2) is 24.5 Å². The minimum absolute atomic E-state index is 0.220. The third kappa shape index (κ3) is 5.96. The van der Waals surface area contributed by atoms with E-state index in [0.29, 0.717) is 12.3 Å². The molecule has 0 unspecified atom stereocenters. The second-order valence-electron chi connectivity index (χ2n) is 5.88. The summed E-state index contributed by atoms with van der Waals surface area (Å²) in [6, 6.07) is 5.01. The first-order valence-electron chi connectivity index (χ1n) is 8.42. The minimum atomic E-state index is -0.971. The summed E-state index contributed by atoms with van der Waals surface area (Å²) in [5, 5.41) is 11.8. The molecule has 2 rings (SSSR count). The van der Waals surface area contributed by atoms with Crippen LogP contribution in [0.2, 0.25) is 0 Å². The fourth-order valence-corrected chi connectivity index (χ4v) is 2.55. The molecule has 132 valence electrons. The average Bonchev–Trinajstić information content (AvgIpc) is 3.13. The molecule has 1 aromatic rings. The van der Waals surface area contributed by atoms with E-state index in [1.807, 2.05) is 0 Å². The smallest absolute Gasteiger partial charge is 0.349 e. The number of nitriles is 1. The van der Waals surface area contributed by atoms with E-state index in [1.165, 1.54) is 37.7 Å². The zero-order chi connectivity index (χ0) is 18.1. The quantitative estimate of drug-likeness (QED) is 0.356. The van der Waals surface area contributed by atoms with Crippen molar-refractivity contribution in [3.63, 3.8) is 0 Å². The summed E-state index contributed by atoms with van der Waals surface area (Å²) in [5.74, 6) is -0.858. The molecule has 0 saturated heterocycles. The molecule has 0 spiro atoms. The van der Waals surface area contributed by atoms with E-state index in [9.17, 15) is 9.59 Å². The van der Waals surface area contributed by atoms with Gasteiger partial charge in [0.05, 0.1) is 6.26 Å². The molecule has 25 heavy (non-hydrogen) atoms. The third-order valence-corrected chi connectivity index (χ3v) is 3.95. The Morgan fingerprint density at radius 2 is 2.32 bits per heavy atom. The Labute approximate surface area is 147 Å². The number of nitrogens with one attached hydrogen (secondary N) is 1. The predicted octanol–water partition coefficient (Wildman–Crippen LogP) is 3.12. The number of hydrogen-bond acceptors (Lipinski definition) is 5.